The van der Waals surface area contributed by atoms with Crippen molar-refractivity contribution in [2.75, 3.05) is 0 Å². The van der Waals surface area contributed by atoms with E-state index in [2.05, 4.69) is 10.2 Å². The maximum atomic E-state index is 12.8. The van der Waals surface area contributed by atoms with Crippen LogP contribution in [0.25, 0.3) is 16.5 Å². The van der Waals surface area contributed by atoms with E-state index in [4.69, 9.17) is 4.74 Å². The standard InChI is InChI=1S/C22H20N4O3/c1-15(2)26-21(27)19-7-4-3-6-18(19)20(24-26)22(28)29-14-16-8-10-17(11-9-16)25-13-5-12-23-25/h3-13,15H,14H2,1-2H3. The number of esters is 1. The Labute approximate surface area is 167 Å². The van der Waals surface area contributed by atoms with Crippen LogP contribution in [-0.4, -0.2) is 25.5 Å². The minimum Gasteiger partial charge on any atom is -0.456 e. The van der Waals surface area contributed by atoms with Crippen LogP contribution in [0, 0.1) is 0 Å². The third kappa shape index (κ3) is 3.67. The lowest BCUT2D eigenvalue weighted by Crippen LogP contribution is -2.27. The molecule has 0 unspecified atom stereocenters. The number of hydrogen-bond acceptors (Lipinski definition) is 5. The van der Waals surface area contributed by atoms with Crippen molar-refractivity contribution in [2.45, 2.75) is 26.5 Å². The number of aromatic nitrogens is 4. The molecule has 0 radical (unpaired) electrons. The molecule has 0 aliphatic rings. The van der Waals surface area contributed by atoms with Gasteiger partial charge in [0.05, 0.1) is 17.1 Å². The summed E-state index contributed by atoms with van der Waals surface area (Å²) in [6, 6.07) is 16.2. The van der Waals surface area contributed by atoms with Gasteiger partial charge < -0.3 is 4.74 Å². The summed E-state index contributed by atoms with van der Waals surface area (Å²) in [4.78, 5) is 25.4. The van der Waals surface area contributed by atoms with Gasteiger partial charge in [0.2, 0.25) is 0 Å². The molecule has 0 saturated heterocycles. The van der Waals surface area contributed by atoms with E-state index in [0.29, 0.717) is 10.8 Å². The Morgan fingerprint density at radius 1 is 1.03 bits per heavy atom. The van der Waals surface area contributed by atoms with Gasteiger partial charge in [-0.05, 0) is 43.7 Å². The van der Waals surface area contributed by atoms with Crippen LogP contribution in [-0.2, 0) is 11.3 Å². The molecular formula is C22H20N4O3. The molecule has 0 fully saturated rings. The van der Waals surface area contributed by atoms with Crippen LogP contribution in [0.4, 0.5) is 0 Å². The van der Waals surface area contributed by atoms with Crippen LogP contribution in [0.15, 0.2) is 71.8 Å². The fourth-order valence-electron chi connectivity index (χ4n) is 3.09. The Hall–Kier alpha value is -3.74. The van der Waals surface area contributed by atoms with Crippen LogP contribution in [0.3, 0.4) is 0 Å². The highest BCUT2D eigenvalue weighted by Gasteiger charge is 2.19. The molecule has 2 heterocycles. The maximum absolute atomic E-state index is 12.8. The summed E-state index contributed by atoms with van der Waals surface area (Å²) in [7, 11) is 0. The van der Waals surface area contributed by atoms with E-state index >= 15 is 0 Å². The molecule has 4 aromatic rings. The smallest absolute Gasteiger partial charge is 0.359 e. The summed E-state index contributed by atoms with van der Waals surface area (Å²) >= 11 is 0. The SMILES string of the molecule is CC(C)n1nc(C(=O)OCc2ccc(-n3cccn3)cc2)c2ccccc2c1=O. The van der Waals surface area contributed by atoms with Crippen molar-refractivity contribution < 1.29 is 9.53 Å². The lowest BCUT2D eigenvalue weighted by molar-refractivity contribution is 0.0465. The van der Waals surface area contributed by atoms with Crippen molar-refractivity contribution in [3.8, 4) is 5.69 Å². The first-order valence-electron chi connectivity index (χ1n) is 9.32. The normalized spacial score (nSPS) is 11.1. The van der Waals surface area contributed by atoms with Crippen LogP contribution < -0.4 is 5.56 Å². The number of ether oxygens (including phenoxy) is 1. The molecule has 0 spiro atoms. The summed E-state index contributed by atoms with van der Waals surface area (Å²) in [5.41, 5.74) is 1.68. The van der Waals surface area contributed by atoms with Gasteiger partial charge >= 0.3 is 5.97 Å². The fourth-order valence-corrected chi connectivity index (χ4v) is 3.09. The summed E-state index contributed by atoms with van der Waals surface area (Å²) in [6.45, 7) is 3.80. The molecule has 0 N–H and O–H groups in total. The van der Waals surface area contributed by atoms with Crippen molar-refractivity contribution in [3.05, 3.63) is 88.6 Å². The van der Waals surface area contributed by atoms with Crippen LogP contribution in [0.5, 0.6) is 0 Å². The quantitative estimate of drug-likeness (QED) is 0.489. The van der Waals surface area contributed by atoms with Gasteiger partial charge in [-0.2, -0.15) is 10.2 Å². The second-order valence-electron chi connectivity index (χ2n) is 6.93. The molecule has 7 heteroatoms. The van der Waals surface area contributed by atoms with Crippen LogP contribution in [0.2, 0.25) is 0 Å². The predicted molar refractivity (Wildman–Crippen MR) is 109 cm³/mol. The van der Waals surface area contributed by atoms with Crippen molar-refractivity contribution in [1.82, 2.24) is 19.6 Å². The number of nitrogens with zero attached hydrogens (tertiary/aromatic N) is 4. The molecule has 0 bridgehead atoms. The predicted octanol–water partition coefficient (Wildman–Crippen LogP) is 3.52. The Balaban J connectivity index is 1.58. The third-order valence-electron chi connectivity index (χ3n) is 4.59. The molecule has 0 aliphatic carbocycles. The van der Waals surface area contributed by atoms with Gasteiger partial charge in [0, 0.05) is 17.8 Å². The fraction of sp³-hybridized carbons (Fsp3) is 0.182. The molecule has 0 aliphatic heterocycles. The van der Waals surface area contributed by atoms with Crippen molar-refractivity contribution in [1.29, 1.82) is 0 Å². The van der Waals surface area contributed by atoms with Gasteiger partial charge in [-0.3, -0.25) is 4.79 Å². The molecule has 29 heavy (non-hydrogen) atoms. The summed E-state index contributed by atoms with van der Waals surface area (Å²) in [6.07, 6.45) is 3.57. The average Bonchev–Trinajstić information content (AvgIpc) is 3.27. The van der Waals surface area contributed by atoms with Crippen LogP contribution >= 0.6 is 0 Å². The molecule has 2 aromatic carbocycles. The molecule has 0 saturated carbocycles. The Morgan fingerprint density at radius 3 is 2.41 bits per heavy atom. The number of rotatable bonds is 5. The van der Waals surface area contributed by atoms with Crippen molar-refractivity contribution in [2.24, 2.45) is 0 Å². The average molecular weight is 388 g/mol. The van der Waals surface area contributed by atoms with Crippen molar-refractivity contribution in [3.63, 3.8) is 0 Å². The van der Waals surface area contributed by atoms with E-state index in [1.54, 1.807) is 35.1 Å². The molecule has 4 rings (SSSR count). The number of carbonyl (C=O) groups excluding carboxylic acids is 1. The van der Waals surface area contributed by atoms with E-state index in [1.165, 1.54) is 4.68 Å². The first kappa shape index (κ1) is 18.6. The van der Waals surface area contributed by atoms with Gasteiger partial charge in [0.1, 0.15) is 6.61 Å². The minimum atomic E-state index is -0.563. The topological polar surface area (TPSA) is 79.0 Å². The van der Waals surface area contributed by atoms with Gasteiger partial charge in [-0.15, -0.1) is 0 Å². The number of fused-ring (bicyclic) bond motifs is 1. The molecule has 7 nitrogen and oxygen atoms in total. The maximum Gasteiger partial charge on any atom is 0.359 e. The lowest BCUT2D eigenvalue weighted by atomic mass is 10.1. The van der Waals surface area contributed by atoms with Gasteiger partial charge in [0.15, 0.2) is 5.69 Å². The van der Waals surface area contributed by atoms with Gasteiger partial charge in [-0.25, -0.2) is 14.2 Å². The molecule has 0 amide bonds. The van der Waals surface area contributed by atoms with E-state index < -0.39 is 5.97 Å². The number of hydrogen-bond donors (Lipinski definition) is 0. The summed E-state index contributed by atoms with van der Waals surface area (Å²) in [5.74, 6) is -0.563. The summed E-state index contributed by atoms with van der Waals surface area (Å²) < 4.78 is 8.56. The van der Waals surface area contributed by atoms with Gasteiger partial charge in [0.25, 0.3) is 5.56 Å². The van der Waals surface area contributed by atoms with E-state index in [0.717, 1.165) is 11.3 Å². The zero-order valence-corrected chi connectivity index (χ0v) is 16.1. The highest BCUT2D eigenvalue weighted by molar-refractivity contribution is 6.02. The van der Waals surface area contributed by atoms with Crippen LogP contribution in [0.1, 0.15) is 35.9 Å². The first-order chi connectivity index (χ1) is 14.0. The van der Waals surface area contributed by atoms with E-state index in [9.17, 15) is 9.59 Å². The lowest BCUT2D eigenvalue weighted by Gasteiger charge is -2.13. The minimum absolute atomic E-state index is 0.106. The second-order valence-corrected chi connectivity index (χ2v) is 6.93. The Bertz CT molecular complexity index is 1210. The third-order valence-corrected chi connectivity index (χ3v) is 4.59. The zero-order valence-electron chi connectivity index (χ0n) is 16.1. The van der Waals surface area contributed by atoms with E-state index in [-0.39, 0.29) is 23.9 Å². The highest BCUT2D eigenvalue weighted by Crippen LogP contribution is 2.17. The highest BCUT2D eigenvalue weighted by atomic mass is 16.5. The first-order valence-corrected chi connectivity index (χ1v) is 9.32. The molecular weight excluding hydrogens is 368 g/mol. The van der Waals surface area contributed by atoms with E-state index in [1.807, 2.05) is 50.4 Å². The Morgan fingerprint density at radius 2 is 1.76 bits per heavy atom. The number of carbonyl (C=O) groups is 1. The molecule has 2 aromatic heterocycles. The molecule has 146 valence electrons. The monoisotopic (exact) mass is 388 g/mol. The second kappa shape index (κ2) is 7.71. The molecule has 0 atom stereocenters. The largest absolute Gasteiger partial charge is 0.456 e. The summed E-state index contributed by atoms with van der Waals surface area (Å²) in [5, 5.41) is 9.41. The van der Waals surface area contributed by atoms with Gasteiger partial charge in [-0.1, -0.05) is 30.3 Å². The Kier molecular flexibility index (Phi) is 4.95. The van der Waals surface area contributed by atoms with Crippen molar-refractivity contribution >= 4 is 16.7 Å². The number of benzene rings is 2. The zero-order chi connectivity index (χ0) is 20.4.